The molecule has 2 aliphatic rings. The van der Waals surface area contributed by atoms with Crippen molar-refractivity contribution in [3.05, 3.63) is 60.2 Å². The van der Waals surface area contributed by atoms with Gasteiger partial charge < -0.3 is 10.2 Å². The highest BCUT2D eigenvalue weighted by Crippen LogP contribution is 2.28. The third-order valence-corrected chi connectivity index (χ3v) is 5.98. The first-order valence-electron chi connectivity index (χ1n) is 11.4. The van der Waals surface area contributed by atoms with E-state index in [1.165, 1.54) is 5.01 Å². The smallest absolute Gasteiger partial charge is 0.243 e. The van der Waals surface area contributed by atoms with Crippen LogP contribution in [0.3, 0.4) is 0 Å². The van der Waals surface area contributed by atoms with E-state index >= 15 is 0 Å². The van der Waals surface area contributed by atoms with Crippen molar-refractivity contribution in [3.8, 4) is 0 Å². The van der Waals surface area contributed by atoms with E-state index in [2.05, 4.69) is 20.3 Å². The molecule has 2 amide bonds. The molecule has 3 heterocycles. The van der Waals surface area contributed by atoms with Gasteiger partial charge in [0.2, 0.25) is 11.8 Å². The first-order chi connectivity index (χ1) is 16.2. The minimum atomic E-state index is -0.250. The Morgan fingerprint density at radius 3 is 2.30 bits per heavy atom. The summed E-state index contributed by atoms with van der Waals surface area (Å²) in [5, 5.41) is 8.83. The Hall–Kier alpha value is -3.81. The molecule has 1 fully saturated rings. The van der Waals surface area contributed by atoms with Crippen LogP contribution >= 0.6 is 0 Å². The second-order valence-corrected chi connectivity index (χ2v) is 8.31. The predicted molar refractivity (Wildman–Crippen MR) is 128 cm³/mol. The number of hydrogen-bond acceptors (Lipinski definition) is 6. The summed E-state index contributed by atoms with van der Waals surface area (Å²) in [6.07, 6.45) is 3.07. The Morgan fingerprint density at radius 2 is 1.55 bits per heavy atom. The molecule has 0 aliphatic carbocycles. The number of nitrogens with one attached hydrogen (secondary N) is 1. The summed E-state index contributed by atoms with van der Waals surface area (Å²) in [5.41, 5.74) is 3.45. The number of benzene rings is 2. The van der Waals surface area contributed by atoms with E-state index in [0.717, 1.165) is 48.2 Å². The lowest BCUT2D eigenvalue weighted by Crippen LogP contribution is -2.26. The molecule has 168 valence electrons. The van der Waals surface area contributed by atoms with Crippen LogP contribution in [0, 0.1) is 0 Å². The number of aromatic nitrogens is 2. The number of nitrogens with zero attached hydrogens (tertiary/aromatic N) is 5. The summed E-state index contributed by atoms with van der Waals surface area (Å²) in [4.78, 5) is 36.9. The van der Waals surface area contributed by atoms with Gasteiger partial charge in [-0.15, -0.1) is 0 Å². The van der Waals surface area contributed by atoms with Crippen LogP contribution in [0.5, 0.6) is 0 Å². The average molecular weight is 443 g/mol. The SMILES string of the molecule is O=C(CCC(=O)N1CCC(c2ccccc2)=N1)Nc1nc2ccccc2nc1N1CCCC1. The van der Waals surface area contributed by atoms with Crippen LogP contribution in [0.4, 0.5) is 11.6 Å². The molecule has 8 heteroatoms. The molecule has 0 spiro atoms. The third-order valence-electron chi connectivity index (χ3n) is 5.98. The lowest BCUT2D eigenvalue weighted by Gasteiger charge is -2.20. The molecule has 33 heavy (non-hydrogen) atoms. The van der Waals surface area contributed by atoms with Gasteiger partial charge >= 0.3 is 0 Å². The molecular formula is C25H26N6O2. The molecule has 0 radical (unpaired) electrons. The molecule has 8 nitrogen and oxygen atoms in total. The molecule has 0 atom stereocenters. The van der Waals surface area contributed by atoms with Crippen LogP contribution in [-0.2, 0) is 9.59 Å². The molecule has 2 aromatic carbocycles. The number of hydrazone groups is 1. The standard InChI is InChI=1S/C25H26N6O2/c32-22(12-13-23(33)31-17-14-19(29-31)18-8-2-1-3-9-18)28-24-25(30-15-6-7-16-30)27-21-11-5-4-10-20(21)26-24/h1-5,8-11H,6-7,12-17H2,(H,26,28,32). The molecule has 1 aromatic heterocycles. The van der Waals surface area contributed by atoms with Crippen molar-refractivity contribution in [2.75, 3.05) is 29.9 Å². The lowest BCUT2D eigenvalue weighted by molar-refractivity contribution is -0.132. The van der Waals surface area contributed by atoms with Crippen molar-refractivity contribution in [2.24, 2.45) is 5.10 Å². The minimum Gasteiger partial charge on any atom is -0.354 e. The van der Waals surface area contributed by atoms with Crippen molar-refractivity contribution < 1.29 is 9.59 Å². The number of fused-ring (bicyclic) bond motifs is 1. The molecular weight excluding hydrogens is 416 g/mol. The van der Waals surface area contributed by atoms with Gasteiger partial charge in [0.05, 0.1) is 23.3 Å². The fourth-order valence-corrected chi connectivity index (χ4v) is 4.24. The van der Waals surface area contributed by atoms with E-state index < -0.39 is 0 Å². The Labute approximate surface area is 192 Å². The fourth-order valence-electron chi connectivity index (χ4n) is 4.24. The van der Waals surface area contributed by atoms with Gasteiger partial charge in [0, 0.05) is 32.4 Å². The van der Waals surface area contributed by atoms with Gasteiger partial charge in [-0.2, -0.15) is 5.10 Å². The van der Waals surface area contributed by atoms with E-state index in [0.29, 0.717) is 24.6 Å². The van der Waals surface area contributed by atoms with Gasteiger partial charge in [0.25, 0.3) is 0 Å². The van der Waals surface area contributed by atoms with Crippen molar-refractivity contribution in [2.45, 2.75) is 32.1 Å². The van der Waals surface area contributed by atoms with Gasteiger partial charge in [-0.1, -0.05) is 42.5 Å². The van der Waals surface area contributed by atoms with Crippen molar-refractivity contribution >= 4 is 40.2 Å². The highest BCUT2D eigenvalue weighted by Gasteiger charge is 2.24. The Morgan fingerprint density at radius 1 is 0.848 bits per heavy atom. The fraction of sp³-hybridized carbons (Fsp3) is 0.320. The van der Waals surface area contributed by atoms with Crippen molar-refractivity contribution in [1.29, 1.82) is 0 Å². The third kappa shape index (κ3) is 4.69. The van der Waals surface area contributed by atoms with Gasteiger partial charge in [0.15, 0.2) is 11.6 Å². The number of carbonyl (C=O) groups excluding carboxylic acids is 2. The number of para-hydroxylation sites is 2. The summed E-state index contributed by atoms with van der Waals surface area (Å²) < 4.78 is 0. The van der Waals surface area contributed by atoms with Crippen LogP contribution in [0.25, 0.3) is 11.0 Å². The largest absolute Gasteiger partial charge is 0.354 e. The van der Waals surface area contributed by atoms with E-state index in [1.54, 1.807) is 0 Å². The second kappa shape index (κ2) is 9.36. The van der Waals surface area contributed by atoms with E-state index in [-0.39, 0.29) is 24.7 Å². The van der Waals surface area contributed by atoms with Gasteiger partial charge in [-0.05, 0) is 30.5 Å². The summed E-state index contributed by atoms with van der Waals surface area (Å²) in [5.74, 6) is 0.751. The number of anilines is 2. The molecule has 5 rings (SSSR count). The van der Waals surface area contributed by atoms with E-state index in [4.69, 9.17) is 4.98 Å². The minimum absolute atomic E-state index is 0.0689. The van der Waals surface area contributed by atoms with Crippen LogP contribution in [0.2, 0.25) is 0 Å². The molecule has 3 aromatic rings. The zero-order valence-corrected chi connectivity index (χ0v) is 18.4. The Kier molecular flexibility index (Phi) is 5.97. The van der Waals surface area contributed by atoms with Crippen LogP contribution < -0.4 is 10.2 Å². The first kappa shape index (κ1) is 21.1. The molecule has 0 saturated carbocycles. The summed E-state index contributed by atoms with van der Waals surface area (Å²) in [6.45, 7) is 2.33. The number of rotatable bonds is 6. The molecule has 1 saturated heterocycles. The van der Waals surface area contributed by atoms with Crippen molar-refractivity contribution in [1.82, 2.24) is 15.0 Å². The molecule has 0 bridgehead atoms. The maximum atomic E-state index is 12.7. The maximum absolute atomic E-state index is 12.7. The van der Waals surface area contributed by atoms with Gasteiger partial charge in [0.1, 0.15) is 0 Å². The number of carbonyl (C=O) groups is 2. The van der Waals surface area contributed by atoms with Gasteiger partial charge in [-0.3, -0.25) is 9.59 Å². The number of hydrogen-bond donors (Lipinski definition) is 1. The summed E-state index contributed by atoms with van der Waals surface area (Å²) in [6, 6.07) is 17.5. The summed E-state index contributed by atoms with van der Waals surface area (Å²) in [7, 11) is 0. The Bertz CT molecular complexity index is 1200. The van der Waals surface area contributed by atoms with Crippen molar-refractivity contribution in [3.63, 3.8) is 0 Å². The molecule has 1 N–H and O–H groups in total. The zero-order chi connectivity index (χ0) is 22.6. The van der Waals surface area contributed by atoms with Crippen LogP contribution in [0.15, 0.2) is 59.7 Å². The van der Waals surface area contributed by atoms with Crippen LogP contribution in [0.1, 0.15) is 37.7 Å². The van der Waals surface area contributed by atoms with E-state index in [9.17, 15) is 9.59 Å². The predicted octanol–water partition coefficient (Wildman–Crippen LogP) is 3.59. The first-order valence-corrected chi connectivity index (χ1v) is 11.4. The normalized spacial score (nSPS) is 15.7. The topological polar surface area (TPSA) is 90.8 Å². The average Bonchev–Trinajstić information content (AvgIpc) is 3.55. The highest BCUT2D eigenvalue weighted by atomic mass is 16.2. The molecule has 2 aliphatic heterocycles. The van der Waals surface area contributed by atoms with Crippen LogP contribution in [-0.4, -0.2) is 52.1 Å². The molecule has 0 unspecified atom stereocenters. The highest BCUT2D eigenvalue weighted by molar-refractivity contribution is 6.03. The lowest BCUT2D eigenvalue weighted by atomic mass is 10.1. The quantitative estimate of drug-likeness (QED) is 0.630. The second-order valence-electron chi connectivity index (χ2n) is 8.31. The summed E-state index contributed by atoms with van der Waals surface area (Å²) >= 11 is 0. The van der Waals surface area contributed by atoms with Gasteiger partial charge in [-0.25, -0.2) is 15.0 Å². The number of amides is 2. The Balaban J connectivity index is 1.24. The zero-order valence-electron chi connectivity index (χ0n) is 18.4. The van der Waals surface area contributed by atoms with E-state index in [1.807, 2.05) is 54.6 Å². The maximum Gasteiger partial charge on any atom is 0.243 e. The monoisotopic (exact) mass is 442 g/mol.